The number of ether oxygens (including phenoxy) is 1. The maximum absolute atomic E-state index is 13.6. The van der Waals surface area contributed by atoms with Gasteiger partial charge in [-0.25, -0.2) is 13.6 Å². The van der Waals surface area contributed by atoms with Crippen molar-refractivity contribution in [2.24, 2.45) is 0 Å². The minimum atomic E-state index is -0.994. The Hall–Kier alpha value is -2.51. The Labute approximate surface area is 181 Å². The Balaban J connectivity index is 1.69. The molecule has 3 atom stereocenters. The highest BCUT2D eigenvalue weighted by Crippen LogP contribution is 2.30. The fourth-order valence-electron chi connectivity index (χ4n) is 3.90. The lowest BCUT2D eigenvalue weighted by Gasteiger charge is -2.28. The van der Waals surface area contributed by atoms with Gasteiger partial charge in [0.25, 0.3) is 0 Å². The van der Waals surface area contributed by atoms with E-state index in [1.165, 1.54) is 23.3 Å². The minimum Gasteiger partial charge on any atom is -0.444 e. The summed E-state index contributed by atoms with van der Waals surface area (Å²) in [5, 5.41) is 16.9. The molecule has 168 valence electrons. The number of rotatable bonds is 7. The topological polar surface area (TPSA) is 70.6 Å². The van der Waals surface area contributed by atoms with Crippen molar-refractivity contribution < 1.29 is 23.4 Å². The predicted octanol–water partition coefficient (Wildman–Crippen LogP) is 4.04. The van der Waals surface area contributed by atoms with Crippen molar-refractivity contribution in [1.82, 2.24) is 10.6 Å². The summed E-state index contributed by atoms with van der Waals surface area (Å²) in [6, 6.07) is 10.7. The maximum Gasteiger partial charge on any atom is 0.407 e. The second kappa shape index (κ2) is 9.75. The van der Waals surface area contributed by atoms with E-state index in [-0.39, 0.29) is 19.0 Å². The molecule has 0 saturated heterocycles. The number of carbonyl (C=O) groups is 1. The standard InChI is InChI=1S/C24H30F2N2O3/c1-24(2,3)31-23(30)28-21(12-15-10-17(25)13-18(26)11-15)22(29)14-27-20-9-8-16-6-4-5-7-19(16)20/h4-7,10-11,13,20-22,27,29H,8-9,12,14H2,1-3H3,(H,28,30)/t20-,21-,22+/m0/s1. The first kappa shape index (κ1) is 23.2. The Bertz CT molecular complexity index is 894. The second-order valence-electron chi connectivity index (χ2n) is 9.00. The molecule has 0 saturated carbocycles. The zero-order valence-corrected chi connectivity index (χ0v) is 18.1. The van der Waals surface area contributed by atoms with E-state index in [4.69, 9.17) is 4.74 Å². The maximum atomic E-state index is 13.6. The van der Waals surface area contributed by atoms with Crippen molar-refractivity contribution in [1.29, 1.82) is 0 Å². The van der Waals surface area contributed by atoms with Gasteiger partial charge in [-0.15, -0.1) is 0 Å². The van der Waals surface area contributed by atoms with Gasteiger partial charge in [0, 0.05) is 18.7 Å². The highest BCUT2D eigenvalue weighted by molar-refractivity contribution is 5.68. The Morgan fingerprint density at radius 1 is 1.19 bits per heavy atom. The number of benzene rings is 2. The van der Waals surface area contributed by atoms with E-state index in [0.29, 0.717) is 5.56 Å². The minimum absolute atomic E-state index is 0.0536. The molecule has 7 heteroatoms. The van der Waals surface area contributed by atoms with Crippen LogP contribution in [0.2, 0.25) is 0 Å². The van der Waals surface area contributed by atoms with Crippen LogP contribution in [-0.2, 0) is 17.6 Å². The number of aliphatic hydroxyl groups excluding tert-OH is 1. The molecule has 31 heavy (non-hydrogen) atoms. The van der Waals surface area contributed by atoms with E-state index in [0.717, 1.165) is 18.9 Å². The second-order valence-corrected chi connectivity index (χ2v) is 9.00. The summed E-state index contributed by atoms with van der Waals surface area (Å²) >= 11 is 0. The summed E-state index contributed by atoms with van der Waals surface area (Å²) < 4.78 is 32.6. The van der Waals surface area contributed by atoms with Gasteiger partial charge in [0.05, 0.1) is 12.1 Å². The SMILES string of the molecule is CC(C)(C)OC(=O)N[C@@H](Cc1cc(F)cc(F)c1)[C@H](O)CN[C@H]1CCc2ccccc21. The molecule has 2 aromatic carbocycles. The van der Waals surface area contributed by atoms with Crippen molar-refractivity contribution in [3.63, 3.8) is 0 Å². The van der Waals surface area contributed by atoms with Gasteiger partial charge in [-0.2, -0.15) is 0 Å². The number of hydrogen-bond acceptors (Lipinski definition) is 4. The fraction of sp³-hybridized carbons (Fsp3) is 0.458. The third kappa shape index (κ3) is 6.74. The largest absolute Gasteiger partial charge is 0.444 e. The van der Waals surface area contributed by atoms with E-state index in [9.17, 15) is 18.7 Å². The van der Waals surface area contributed by atoms with E-state index in [2.05, 4.69) is 22.8 Å². The number of carbonyl (C=O) groups excluding carboxylic acids is 1. The smallest absolute Gasteiger partial charge is 0.407 e. The van der Waals surface area contributed by atoms with Crippen LogP contribution in [0.15, 0.2) is 42.5 Å². The third-order valence-corrected chi connectivity index (χ3v) is 5.25. The van der Waals surface area contributed by atoms with Crippen molar-refractivity contribution >= 4 is 6.09 Å². The summed E-state index contributed by atoms with van der Waals surface area (Å²) in [6.45, 7) is 5.41. The van der Waals surface area contributed by atoms with Gasteiger partial charge in [-0.3, -0.25) is 0 Å². The summed E-state index contributed by atoms with van der Waals surface area (Å²) in [6.07, 6.45) is 0.251. The molecule has 0 unspecified atom stereocenters. The average molecular weight is 433 g/mol. The lowest BCUT2D eigenvalue weighted by atomic mass is 10.00. The van der Waals surface area contributed by atoms with Gasteiger partial charge in [-0.05, 0) is 68.9 Å². The molecule has 2 aromatic rings. The molecule has 0 aliphatic heterocycles. The van der Waals surface area contributed by atoms with E-state index < -0.39 is 35.5 Å². The van der Waals surface area contributed by atoms with Gasteiger partial charge in [0.15, 0.2) is 0 Å². The Morgan fingerprint density at radius 3 is 2.55 bits per heavy atom. The number of fused-ring (bicyclic) bond motifs is 1. The summed E-state index contributed by atoms with van der Waals surface area (Å²) in [5.74, 6) is -1.41. The van der Waals surface area contributed by atoms with Crippen LogP contribution in [0, 0.1) is 11.6 Å². The van der Waals surface area contributed by atoms with Gasteiger partial charge in [0.2, 0.25) is 0 Å². The van der Waals surface area contributed by atoms with Crippen LogP contribution < -0.4 is 10.6 Å². The Kier molecular flexibility index (Phi) is 7.28. The van der Waals surface area contributed by atoms with Gasteiger partial charge in [0.1, 0.15) is 17.2 Å². The van der Waals surface area contributed by atoms with Crippen molar-refractivity contribution in [3.05, 3.63) is 70.8 Å². The molecule has 1 aliphatic rings. The van der Waals surface area contributed by atoms with Crippen molar-refractivity contribution in [3.8, 4) is 0 Å². The number of alkyl carbamates (subject to hydrolysis) is 1. The first-order valence-electron chi connectivity index (χ1n) is 10.5. The van der Waals surface area contributed by atoms with E-state index >= 15 is 0 Å². The van der Waals surface area contributed by atoms with Crippen LogP contribution in [0.25, 0.3) is 0 Å². The van der Waals surface area contributed by atoms with Crippen LogP contribution >= 0.6 is 0 Å². The fourth-order valence-corrected chi connectivity index (χ4v) is 3.90. The number of nitrogens with one attached hydrogen (secondary N) is 2. The Morgan fingerprint density at radius 2 is 1.87 bits per heavy atom. The highest BCUT2D eigenvalue weighted by atomic mass is 19.1. The quantitative estimate of drug-likeness (QED) is 0.618. The lowest BCUT2D eigenvalue weighted by Crippen LogP contribution is -2.50. The van der Waals surface area contributed by atoms with Crippen molar-refractivity contribution in [2.45, 2.75) is 63.8 Å². The van der Waals surface area contributed by atoms with Crippen LogP contribution in [-0.4, -0.2) is 35.5 Å². The number of hydrogen-bond donors (Lipinski definition) is 3. The van der Waals surface area contributed by atoms with Gasteiger partial charge < -0.3 is 20.5 Å². The monoisotopic (exact) mass is 432 g/mol. The number of aliphatic hydroxyl groups is 1. The number of halogens is 2. The summed E-state index contributed by atoms with van der Waals surface area (Å²) in [4.78, 5) is 12.3. The van der Waals surface area contributed by atoms with E-state index in [1.807, 2.05) is 12.1 Å². The molecule has 5 nitrogen and oxygen atoms in total. The molecule has 0 aromatic heterocycles. The first-order chi connectivity index (χ1) is 14.6. The third-order valence-electron chi connectivity index (χ3n) is 5.25. The summed E-state index contributed by atoms with van der Waals surface area (Å²) in [5.41, 5.74) is 2.12. The molecule has 1 aliphatic carbocycles. The van der Waals surface area contributed by atoms with Crippen molar-refractivity contribution in [2.75, 3.05) is 6.54 Å². The molecule has 1 amide bonds. The van der Waals surface area contributed by atoms with Crippen LogP contribution in [0.4, 0.5) is 13.6 Å². The predicted molar refractivity (Wildman–Crippen MR) is 115 cm³/mol. The normalized spacial score (nSPS) is 17.7. The molecule has 0 fully saturated rings. The van der Waals surface area contributed by atoms with Crippen LogP contribution in [0.5, 0.6) is 0 Å². The van der Waals surface area contributed by atoms with Crippen LogP contribution in [0.1, 0.15) is 49.9 Å². The molecule has 0 bridgehead atoms. The zero-order chi connectivity index (χ0) is 22.6. The average Bonchev–Trinajstić information content (AvgIpc) is 3.06. The molecule has 3 N–H and O–H groups in total. The number of aryl methyl sites for hydroxylation is 1. The van der Waals surface area contributed by atoms with Crippen LogP contribution in [0.3, 0.4) is 0 Å². The summed E-state index contributed by atoms with van der Waals surface area (Å²) in [7, 11) is 0. The molecular weight excluding hydrogens is 402 g/mol. The van der Waals surface area contributed by atoms with E-state index in [1.54, 1.807) is 20.8 Å². The number of amides is 1. The molecule has 3 rings (SSSR count). The molecule has 0 heterocycles. The highest BCUT2D eigenvalue weighted by Gasteiger charge is 2.27. The molecule has 0 spiro atoms. The zero-order valence-electron chi connectivity index (χ0n) is 18.1. The van der Waals surface area contributed by atoms with Gasteiger partial charge in [-0.1, -0.05) is 24.3 Å². The first-order valence-corrected chi connectivity index (χ1v) is 10.5. The van der Waals surface area contributed by atoms with Gasteiger partial charge >= 0.3 is 6.09 Å². The lowest BCUT2D eigenvalue weighted by molar-refractivity contribution is 0.0420. The molecule has 0 radical (unpaired) electrons. The molecular formula is C24H30F2N2O3.